The molecule has 1 N–H and O–H groups in total. The summed E-state index contributed by atoms with van der Waals surface area (Å²) in [5.74, 6) is -1.03. The summed E-state index contributed by atoms with van der Waals surface area (Å²) in [5, 5.41) is 2.59. The van der Waals surface area contributed by atoms with E-state index in [0.29, 0.717) is 6.54 Å². The largest absolute Gasteiger partial charge is 0.349 e. The van der Waals surface area contributed by atoms with Crippen molar-refractivity contribution in [1.82, 2.24) is 10.3 Å². The van der Waals surface area contributed by atoms with Gasteiger partial charge in [0, 0.05) is 30.8 Å². The molecular weight excluding hydrogens is 204 g/mol. The highest BCUT2D eigenvalue weighted by Crippen LogP contribution is 2.19. The van der Waals surface area contributed by atoms with Crippen molar-refractivity contribution in [2.45, 2.75) is 26.2 Å². The lowest BCUT2D eigenvalue weighted by atomic mass is 9.88. The van der Waals surface area contributed by atoms with Gasteiger partial charge in [-0.2, -0.15) is 0 Å². The minimum absolute atomic E-state index is 0.285. The second-order valence-corrected chi connectivity index (χ2v) is 4.34. The Morgan fingerprint density at radius 3 is 2.56 bits per heavy atom. The Morgan fingerprint density at radius 1 is 1.38 bits per heavy atom. The second kappa shape index (κ2) is 4.88. The standard InChI is InChI=1S/C12H16N2O2/c1-9(15)11(16)14-8-12(2,3)10-6-4-5-7-13-10/h4-7H,8H2,1-3H3,(H,14,16). The fourth-order valence-corrected chi connectivity index (χ4v) is 1.28. The number of hydrogen-bond donors (Lipinski definition) is 1. The first-order valence-corrected chi connectivity index (χ1v) is 5.14. The van der Waals surface area contributed by atoms with E-state index in [1.807, 2.05) is 32.0 Å². The van der Waals surface area contributed by atoms with Crippen LogP contribution in [0.1, 0.15) is 26.5 Å². The van der Waals surface area contributed by atoms with Gasteiger partial charge in [-0.1, -0.05) is 19.9 Å². The molecule has 0 bridgehead atoms. The number of nitrogens with zero attached hydrogens (tertiary/aromatic N) is 1. The zero-order chi connectivity index (χ0) is 12.2. The van der Waals surface area contributed by atoms with Gasteiger partial charge in [0.2, 0.25) is 5.78 Å². The van der Waals surface area contributed by atoms with Gasteiger partial charge < -0.3 is 5.32 Å². The lowest BCUT2D eigenvalue weighted by Crippen LogP contribution is -2.39. The third-order valence-electron chi connectivity index (χ3n) is 2.37. The van der Waals surface area contributed by atoms with Gasteiger partial charge in [-0.3, -0.25) is 14.6 Å². The molecule has 0 aliphatic heterocycles. The van der Waals surface area contributed by atoms with Crippen LogP contribution in [0.2, 0.25) is 0 Å². The summed E-state index contributed by atoms with van der Waals surface area (Å²) in [4.78, 5) is 26.1. The first-order chi connectivity index (χ1) is 7.43. The molecule has 0 unspecified atom stereocenters. The Labute approximate surface area is 95.1 Å². The van der Waals surface area contributed by atoms with Crippen molar-refractivity contribution in [2.24, 2.45) is 0 Å². The average Bonchev–Trinajstić information content (AvgIpc) is 2.27. The van der Waals surface area contributed by atoms with Gasteiger partial charge in [0.15, 0.2) is 0 Å². The molecule has 4 nitrogen and oxygen atoms in total. The molecule has 0 atom stereocenters. The molecule has 1 aromatic rings. The molecule has 0 fully saturated rings. The van der Waals surface area contributed by atoms with Gasteiger partial charge in [0.05, 0.1) is 0 Å². The zero-order valence-corrected chi connectivity index (χ0v) is 9.78. The first kappa shape index (κ1) is 12.4. The summed E-state index contributed by atoms with van der Waals surface area (Å²) in [7, 11) is 0. The van der Waals surface area contributed by atoms with E-state index in [2.05, 4.69) is 10.3 Å². The molecule has 16 heavy (non-hydrogen) atoms. The van der Waals surface area contributed by atoms with E-state index >= 15 is 0 Å². The van der Waals surface area contributed by atoms with Crippen molar-refractivity contribution >= 4 is 11.7 Å². The van der Waals surface area contributed by atoms with Crippen molar-refractivity contribution in [3.63, 3.8) is 0 Å². The molecule has 4 heteroatoms. The summed E-state index contributed by atoms with van der Waals surface area (Å²) >= 11 is 0. The van der Waals surface area contributed by atoms with Gasteiger partial charge in [-0.25, -0.2) is 0 Å². The van der Waals surface area contributed by atoms with E-state index < -0.39 is 11.7 Å². The van der Waals surface area contributed by atoms with Gasteiger partial charge in [0.25, 0.3) is 5.91 Å². The third kappa shape index (κ3) is 3.15. The van der Waals surface area contributed by atoms with Crippen LogP contribution in [0.4, 0.5) is 0 Å². The Bertz CT molecular complexity index is 385. The van der Waals surface area contributed by atoms with Crippen molar-refractivity contribution in [1.29, 1.82) is 0 Å². The van der Waals surface area contributed by atoms with E-state index in [1.165, 1.54) is 6.92 Å². The quantitative estimate of drug-likeness (QED) is 0.772. The van der Waals surface area contributed by atoms with Crippen LogP contribution in [0.15, 0.2) is 24.4 Å². The minimum Gasteiger partial charge on any atom is -0.349 e. The monoisotopic (exact) mass is 220 g/mol. The molecule has 0 saturated heterocycles. The molecule has 1 rings (SSSR count). The van der Waals surface area contributed by atoms with Gasteiger partial charge in [-0.05, 0) is 12.1 Å². The van der Waals surface area contributed by atoms with E-state index in [1.54, 1.807) is 6.20 Å². The average molecular weight is 220 g/mol. The first-order valence-electron chi connectivity index (χ1n) is 5.14. The molecule has 0 aliphatic carbocycles. The molecule has 0 radical (unpaired) electrons. The lowest BCUT2D eigenvalue weighted by molar-refractivity contribution is -0.136. The predicted molar refractivity (Wildman–Crippen MR) is 61.0 cm³/mol. The number of aromatic nitrogens is 1. The Morgan fingerprint density at radius 2 is 2.06 bits per heavy atom. The SMILES string of the molecule is CC(=O)C(=O)NCC(C)(C)c1ccccn1. The molecule has 86 valence electrons. The molecular formula is C12H16N2O2. The van der Waals surface area contributed by atoms with Crippen LogP contribution in [0, 0.1) is 0 Å². The van der Waals surface area contributed by atoms with Crippen molar-refractivity contribution in [3.05, 3.63) is 30.1 Å². The van der Waals surface area contributed by atoms with Crippen LogP contribution in [0.25, 0.3) is 0 Å². The fourth-order valence-electron chi connectivity index (χ4n) is 1.28. The third-order valence-corrected chi connectivity index (χ3v) is 2.37. The lowest BCUT2D eigenvalue weighted by Gasteiger charge is -2.23. The number of hydrogen-bond acceptors (Lipinski definition) is 3. The highest BCUT2D eigenvalue weighted by Gasteiger charge is 2.23. The summed E-state index contributed by atoms with van der Waals surface area (Å²) in [6.07, 6.45) is 1.71. The molecule has 0 saturated carbocycles. The maximum Gasteiger partial charge on any atom is 0.287 e. The highest BCUT2D eigenvalue weighted by molar-refractivity contribution is 6.35. The fraction of sp³-hybridized carbons (Fsp3) is 0.417. The van der Waals surface area contributed by atoms with E-state index in [4.69, 9.17) is 0 Å². The summed E-state index contributed by atoms with van der Waals surface area (Å²) in [6.45, 7) is 5.58. The van der Waals surface area contributed by atoms with Gasteiger partial charge >= 0.3 is 0 Å². The number of carbonyl (C=O) groups is 2. The van der Waals surface area contributed by atoms with Crippen LogP contribution in [-0.2, 0) is 15.0 Å². The van der Waals surface area contributed by atoms with Crippen LogP contribution >= 0.6 is 0 Å². The summed E-state index contributed by atoms with van der Waals surface area (Å²) < 4.78 is 0. The molecule has 0 aliphatic rings. The Balaban J connectivity index is 2.66. The van der Waals surface area contributed by atoms with Crippen molar-refractivity contribution < 1.29 is 9.59 Å². The molecule has 0 aromatic carbocycles. The van der Waals surface area contributed by atoms with Gasteiger partial charge in [-0.15, -0.1) is 0 Å². The highest BCUT2D eigenvalue weighted by atomic mass is 16.2. The zero-order valence-electron chi connectivity index (χ0n) is 9.78. The van der Waals surface area contributed by atoms with Crippen LogP contribution in [0.5, 0.6) is 0 Å². The number of rotatable bonds is 4. The van der Waals surface area contributed by atoms with E-state index in [9.17, 15) is 9.59 Å². The number of Topliss-reactive ketones (excluding diaryl/α,β-unsaturated/α-hetero) is 1. The smallest absolute Gasteiger partial charge is 0.287 e. The van der Waals surface area contributed by atoms with Crippen LogP contribution in [-0.4, -0.2) is 23.2 Å². The van der Waals surface area contributed by atoms with E-state index in [-0.39, 0.29) is 5.41 Å². The maximum absolute atomic E-state index is 11.1. The number of carbonyl (C=O) groups excluding carboxylic acids is 2. The summed E-state index contributed by atoms with van der Waals surface area (Å²) in [6, 6.07) is 5.64. The number of nitrogens with one attached hydrogen (secondary N) is 1. The normalized spacial score (nSPS) is 10.9. The minimum atomic E-state index is -0.552. The topological polar surface area (TPSA) is 59.1 Å². The van der Waals surface area contributed by atoms with Crippen LogP contribution < -0.4 is 5.32 Å². The summed E-state index contributed by atoms with van der Waals surface area (Å²) in [5.41, 5.74) is 0.602. The molecule has 1 amide bonds. The maximum atomic E-state index is 11.1. The predicted octanol–water partition coefficient (Wildman–Crippen LogP) is 1.06. The van der Waals surface area contributed by atoms with E-state index in [0.717, 1.165) is 5.69 Å². The number of ketones is 1. The molecule has 1 aromatic heterocycles. The number of amides is 1. The second-order valence-electron chi connectivity index (χ2n) is 4.34. The van der Waals surface area contributed by atoms with Crippen molar-refractivity contribution in [2.75, 3.05) is 6.54 Å². The Kier molecular flexibility index (Phi) is 3.77. The van der Waals surface area contributed by atoms with Crippen LogP contribution in [0.3, 0.4) is 0 Å². The van der Waals surface area contributed by atoms with Crippen molar-refractivity contribution in [3.8, 4) is 0 Å². The van der Waals surface area contributed by atoms with Gasteiger partial charge in [0.1, 0.15) is 0 Å². The molecule has 1 heterocycles. The molecule has 0 spiro atoms. The Hall–Kier alpha value is -1.71. The number of pyridine rings is 1.